The minimum atomic E-state index is -0.244. The number of primary amides is 1. The van der Waals surface area contributed by atoms with E-state index in [4.69, 9.17) is 5.73 Å². The van der Waals surface area contributed by atoms with Crippen molar-refractivity contribution in [2.75, 3.05) is 25.0 Å². The Hall–Kier alpha value is -1.62. The molecule has 1 amide bonds. The van der Waals surface area contributed by atoms with Crippen LogP contribution in [-0.4, -0.2) is 26.0 Å². The van der Waals surface area contributed by atoms with E-state index >= 15 is 0 Å². The van der Waals surface area contributed by atoms with E-state index < -0.39 is 0 Å². The zero-order chi connectivity index (χ0) is 14.5. The van der Waals surface area contributed by atoms with Crippen molar-refractivity contribution in [1.29, 1.82) is 0 Å². The summed E-state index contributed by atoms with van der Waals surface area (Å²) in [6, 6.07) is 5.38. The molecule has 0 unspecified atom stereocenters. The summed E-state index contributed by atoms with van der Waals surface area (Å²) in [4.78, 5) is 13.0. The quantitative estimate of drug-likeness (QED) is 0.861. The van der Waals surface area contributed by atoms with Crippen LogP contribution in [0.25, 0.3) is 0 Å². The van der Waals surface area contributed by atoms with Crippen LogP contribution < -0.4 is 16.0 Å². The zero-order valence-electron chi connectivity index (χ0n) is 11.9. The summed E-state index contributed by atoms with van der Waals surface area (Å²) in [7, 11) is 1.84. The largest absolute Gasteiger partial charge is 0.370 e. The third-order valence-electron chi connectivity index (χ3n) is 3.84. The number of carbonyl (C=O) groups excluding carboxylic acids is 1. The van der Waals surface area contributed by atoms with E-state index in [1.165, 1.54) is 0 Å². The second-order valence-electron chi connectivity index (χ2n) is 5.42. The molecule has 5 heteroatoms. The third kappa shape index (κ3) is 3.70. The second kappa shape index (κ2) is 6.70. The molecular formula is C15H22FN3O. The summed E-state index contributed by atoms with van der Waals surface area (Å²) in [5.41, 5.74) is 6.82. The molecule has 1 fully saturated rings. The molecule has 0 spiro atoms. The van der Waals surface area contributed by atoms with Crippen molar-refractivity contribution in [2.24, 2.45) is 11.7 Å². The molecule has 3 N–H and O–H groups in total. The summed E-state index contributed by atoms with van der Waals surface area (Å²) in [5, 5.41) is 3.01. The van der Waals surface area contributed by atoms with Gasteiger partial charge in [0, 0.05) is 26.1 Å². The van der Waals surface area contributed by atoms with E-state index in [-0.39, 0.29) is 11.7 Å². The van der Waals surface area contributed by atoms with Crippen molar-refractivity contribution in [3.63, 3.8) is 0 Å². The number of hydrogen-bond donors (Lipinski definition) is 2. The first-order valence-corrected chi connectivity index (χ1v) is 7.06. The van der Waals surface area contributed by atoms with E-state index in [0.717, 1.165) is 31.5 Å². The molecule has 1 saturated heterocycles. The molecule has 0 aromatic heterocycles. The Bertz CT molecular complexity index is 470. The fourth-order valence-electron chi connectivity index (χ4n) is 2.78. The summed E-state index contributed by atoms with van der Waals surface area (Å²) in [5.74, 6) is -0.0764. The summed E-state index contributed by atoms with van der Waals surface area (Å²) in [6.07, 6.45) is 2.22. The number of anilines is 1. The highest BCUT2D eigenvalue weighted by atomic mass is 19.1. The van der Waals surface area contributed by atoms with Crippen LogP contribution in [0.4, 0.5) is 10.1 Å². The Morgan fingerprint density at radius 2 is 2.15 bits per heavy atom. The average Bonchev–Trinajstić information content (AvgIpc) is 2.40. The van der Waals surface area contributed by atoms with Crippen LogP contribution in [0.15, 0.2) is 18.2 Å². The molecule has 20 heavy (non-hydrogen) atoms. The minimum Gasteiger partial charge on any atom is -0.370 e. The van der Waals surface area contributed by atoms with Crippen molar-refractivity contribution < 1.29 is 9.18 Å². The molecule has 1 aromatic rings. The Morgan fingerprint density at radius 1 is 1.45 bits per heavy atom. The monoisotopic (exact) mass is 279 g/mol. The van der Waals surface area contributed by atoms with Gasteiger partial charge in [-0.2, -0.15) is 0 Å². The lowest BCUT2D eigenvalue weighted by Crippen LogP contribution is -2.35. The maximum absolute atomic E-state index is 14.1. The molecule has 1 aliphatic heterocycles. The van der Waals surface area contributed by atoms with E-state index in [9.17, 15) is 9.18 Å². The van der Waals surface area contributed by atoms with Crippen molar-refractivity contribution in [2.45, 2.75) is 25.8 Å². The highest BCUT2D eigenvalue weighted by molar-refractivity contribution is 5.74. The smallest absolute Gasteiger partial charge is 0.217 e. The van der Waals surface area contributed by atoms with Gasteiger partial charge < -0.3 is 16.0 Å². The standard InChI is InChI=1S/C15H22FN3O/c1-18-10-12-2-3-14(13(16)8-12)19-6-4-11(5-7-19)9-15(17)20/h2-3,8,11,18H,4-7,9-10H2,1H3,(H2,17,20). The SMILES string of the molecule is CNCc1ccc(N2CCC(CC(N)=O)CC2)c(F)c1. The molecule has 1 heterocycles. The van der Waals surface area contributed by atoms with Crippen LogP contribution in [0.5, 0.6) is 0 Å². The topological polar surface area (TPSA) is 58.4 Å². The Kier molecular flexibility index (Phi) is 4.95. The highest BCUT2D eigenvalue weighted by Gasteiger charge is 2.22. The highest BCUT2D eigenvalue weighted by Crippen LogP contribution is 2.27. The molecule has 0 saturated carbocycles. The van der Waals surface area contributed by atoms with Gasteiger partial charge in [0.15, 0.2) is 0 Å². The van der Waals surface area contributed by atoms with Crippen molar-refractivity contribution in [3.8, 4) is 0 Å². The minimum absolute atomic E-state index is 0.175. The van der Waals surface area contributed by atoms with Crippen LogP contribution in [0.1, 0.15) is 24.8 Å². The summed E-state index contributed by atoms with van der Waals surface area (Å²) >= 11 is 0. The van der Waals surface area contributed by atoms with Crippen LogP contribution in [0.3, 0.4) is 0 Å². The number of halogens is 1. The van der Waals surface area contributed by atoms with Gasteiger partial charge in [0.2, 0.25) is 5.91 Å². The van der Waals surface area contributed by atoms with E-state index in [1.54, 1.807) is 6.07 Å². The van der Waals surface area contributed by atoms with Crippen LogP contribution in [0.2, 0.25) is 0 Å². The number of nitrogens with one attached hydrogen (secondary N) is 1. The Labute approximate surface area is 119 Å². The molecule has 0 aliphatic carbocycles. The first-order chi connectivity index (χ1) is 9.60. The van der Waals surface area contributed by atoms with Gasteiger partial charge in [0.1, 0.15) is 5.82 Å². The number of nitrogens with zero attached hydrogens (tertiary/aromatic N) is 1. The lowest BCUT2D eigenvalue weighted by Gasteiger charge is -2.33. The molecule has 0 bridgehead atoms. The number of amides is 1. The predicted octanol–water partition coefficient (Wildman–Crippen LogP) is 1.64. The van der Waals surface area contributed by atoms with E-state index in [0.29, 0.717) is 24.6 Å². The molecule has 0 radical (unpaired) electrons. The predicted molar refractivity (Wildman–Crippen MR) is 77.9 cm³/mol. The van der Waals surface area contributed by atoms with Gasteiger partial charge in [-0.25, -0.2) is 4.39 Å². The van der Waals surface area contributed by atoms with Crippen molar-refractivity contribution >= 4 is 11.6 Å². The van der Waals surface area contributed by atoms with Crippen molar-refractivity contribution in [1.82, 2.24) is 5.32 Å². The van der Waals surface area contributed by atoms with Crippen LogP contribution in [0, 0.1) is 11.7 Å². The first kappa shape index (κ1) is 14.8. The van der Waals surface area contributed by atoms with E-state index in [2.05, 4.69) is 10.2 Å². The summed E-state index contributed by atoms with van der Waals surface area (Å²) < 4.78 is 14.1. The molecule has 110 valence electrons. The maximum Gasteiger partial charge on any atom is 0.217 e. The number of nitrogens with two attached hydrogens (primary N) is 1. The number of rotatable bonds is 5. The van der Waals surface area contributed by atoms with Gasteiger partial charge in [0.05, 0.1) is 5.69 Å². The molecule has 2 rings (SSSR count). The van der Waals surface area contributed by atoms with Crippen LogP contribution in [-0.2, 0) is 11.3 Å². The normalized spacial score (nSPS) is 16.4. The van der Waals surface area contributed by atoms with Crippen LogP contribution >= 0.6 is 0 Å². The van der Waals surface area contributed by atoms with E-state index in [1.807, 2.05) is 19.2 Å². The molecular weight excluding hydrogens is 257 g/mol. The second-order valence-corrected chi connectivity index (χ2v) is 5.42. The molecule has 0 atom stereocenters. The van der Waals surface area contributed by atoms with Crippen molar-refractivity contribution in [3.05, 3.63) is 29.6 Å². The number of carbonyl (C=O) groups is 1. The molecule has 1 aromatic carbocycles. The number of hydrogen-bond acceptors (Lipinski definition) is 3. The van der Waals surface area contributed by atoms with Gasteiger partial charge in [-0.15, -0.1) is 0 Å². The van der Waals surface area contributed by atoms with Gasteiger partial charge in [0.25, 0.3) is 0 Å². The maximum atomic E-state index is 14.1. The zero-order valence-corrected chi connectivity index (χ0v) is 11.9. The van der Waals surface area contributed by atoms with Gasteiger partial charge in [-0.05, 0) is 43.5 Å². The summed E-state index contributed by atoms with van der Waals surface area (Å²) in [6.45, 7) is 2.22. The lowest BCUT2D eigenvalue weighted by atomic mass is 9.93. The Balaban J connectivity index is 1.98. The molecule has 1 aliphatic rings. The van der Waals surface area contributed by atoms with Gasteiger partial charge in [-0.3, -0.25) is 4.79 Å². The van der Waals surface area contributed by atoms with Gasteiger partial charge in [-0.1, -0.05) is 6.07 Å². The molecule has 4 nitrogen and oxygen atoms in total. The lowest BCUT2D eigenvalue weighted by molar-refractivity contribution is -0.119. The average molecular weight is 279 g/mol. The first-order valence-electron chi connectivity index (χ1n) is 7.06. The fraction of sp³-hybridized carbons (Fsp3) is 0.533. The van der Waals surface area contributed by atoms with Gasteiger partial charge >= 0.3 is 0 Å². The number of piperidine rings is 1. The number of benzene rings is 1. The third-order valence-corrected chi connectivity index (χ3v) is 3.84. The fourth-order valence-corrected chi connectivity index (χ4v) is 2.78. The Morgan fingerprint density at radius 3 is 2.70 bits per heavy atom.